The lowest BCUT2D eigenvalue weighted by atomic mass is 10.2. The van der Waals surface area contributed by atoms with Crippen molar-refractivity contribution < 1.29 is 18.7 Å². The van der Waals surface area contributed by atoms with E-state index in [4.69, 9.17) is 4.74 Å². The van der Waals surface area contributed by atoms with Gasteiger partial charge in [0.25, 0.3) is 5.91 Å². The molecule has 1 aliphatic heterocycles. The third kappa shape index (κ3) is 3.78. The summed E-state index contributed by atoms with van der Waals surface area (Å²) in [4.78, 5) is 25.9. The molecule has 3 rings (SSSR count). The van der Waals surface area contributed by atoms with Gasteiger partial charge in [-0.1, -0.05) is 18.2 Å². The molecule has 1 N–H and O–H groups in total. The molecule has 27 heavy (non-hydrogen) atoms. The molecular weight excluding hydrogens is 349 g/mol. The van der Waals surface area contributed by atoms with Crippen LogP contribution >= 0.6 is 0 Å². The van der Waals surface area contributed by atoms with Gasteiger partial charge in [-0.15, -0.1) is 0 Å². The lowest BCUT2D eigenvalue weighted by Gasteiger charge is -2.12. The molecule has 2 heterocycles. The Morgan fingerprint density at radius 1 is 1.22 bits per heavy atom. The molecule has 0 unspecified atom stereocenters. The number of benzene rings is 1. The van der Waals surface area contributed by atoms with Crippen LogP contribution < -0.4 is 5.32 Å². The minimum atomic E-state index is -0.553. The molecule has 1 aromatic carbocycles. The largest absolute Gasteiger partial charge is 0.383 e. The zero-order chi connectivity index (χ0) is 19.6. The summed E-state index contributed by atoms with van der Waals surface area (Å²) in [6.07, 6.45) is 1.66. The molecule has 7 heteroatoms. The Morgan fingerprint density at radius 2 is 1.96 bits per heavy atom. The first kappa shape index (κ1) is 18.8. The lowest BCUT2D eigenvalue weighted by Crippen LogP contribution is -2.30. The van der Waals surface area contributed by atoms with Gasteiger partial charge in [-0.25, -0.2) is 9.18 Å². The number of hydrogen-bond donors (Lipinski definition) is 1. The van der Waals surface area contributed by atoms with Gasteiger partial charge in [0.05, 0.1) is 13.2 Å². The maximum Gasteiger partial charge on any atom is 0.329 e. The Morgan fingerprint density at radius 3 is 2.67 bits per heavy atom. The number of nitrogens with zero attached hydrogens (tertiary/aromatic N) is 2. The van der Waals surface area contributed by atoms with Crippen LogP contribution in [-0.4, -0.2) is 35.1 Å². The first-order valence-corrected chi connectivity index (χ1v) is 8.66. The summed E-state index contributed by atoms with van der Waals surface area (Å²) >= 11 is 0. The summed E-state index contributed by atoms with van der Waals surface area (Å²) in [6.45, 7) is 5.11. The monoisotopic (exact) mass is 371 g/mol. The summed E-state index contributed by atoms with van der Waals surface area (Å²) in [5.74, 6) is -0.915. The van der Waals surface area contributed by atoms with E-state index in [0.29, 0.717) is 18.7 Å². The number of imide groups is 1. The summed E-state index contributed by atoms with van der Waals surface area (Å²) < 4.78 is 21.1. The van der Waals surface area contributed by atoms with Gasteiger partial charge >= 0.3 is 6.03 Å². The quantitative estimate of drug-likeness (QED) is 0.627. The van der Waals surface area contributed by atoms with Crippen LogP contribution in [0.4, 0.5) is 9.18 Å². The Balaban J connectivity index is 1.83. The van der Waals surface area contributed by atoms with Gasteiger partial charge in [-0.05, 0) is 37.6 Å². The summed E-state index contributed by atoms with van der Waals surface area (Å²) in [5.41, 5.74) is 3.34. The number of carbonyl (C=O) groups excluding carboxylic acids is 2. The predicted octanol–water partition coefficient (Wildman–Crippen LogP) is 2.98. The van der Waals surface area contributed by atoms with E-state index >= 15 is 0 Å². The van der Waals surface area contributed by atoms with Gasteiger partial charge in [0.1, 0.15) is 11.5 Å². The fraction of sp³-hybridized carbons (Fsp3) is 0.300. The van der Waals surface area contributed by atoms with Crippen LogP contribution in [0.3, 0.4) is 0 Å². The number of amides is 3. The van der Waals surface area contributed by atoms with E-state index in [1.807, 2.05) is 19.9 Å². The molecule has 1 aliphatic rings. The van der Waals surface area contributed by atoms with E-state index in [1.54, 1.807) is 31.4 Å². The zero-order valence-electron chi connectivity index (χ0n) is 15.6. The van der Waals surface area contributed by atoms with Crippen molar-refractivity contribution in [2.24, 2.45) is 0 Å². The number of carbonyl (C=O) groups is 2. The predicted molar refractivity (Wildman–Crippen MR) is 99.2 cm³/mol. The fourth-order valence-corrected chi connectivity index (χ4v) is 3.17. The van der Waals surface area contributed by atoms with Crippen LogP contribution in [0.15, 0.2) is 36.0 Å². The molecule has 0 radical (unpaired) electrons. The van der Waals surface area contributed by atoms with E-state index < -0.39 is 17.8 Å². The number of nitrogens with one attached hydrogen (secondary N) is 1. The molecule has 1 fully saturated rings. The maximum absolute atomic E-state index is 13.8. The van der Waals surface area contributed by atoms with E-state index in [9.17, 15) is 14.0 Å². The summed E-state index contributed by atoms with van der Waals surface area (Å²) in [7, 11) is 1.65. The number of urea groups is 1. The standard InChI is InChI=1S/C20H22FN3O3/c1-13-10-16(14(2)23(13)8-9-27-3)11-18-19(25)24(20(26)22-18)12-15-6-4-5-7-17(15)21/h4-7,10-11H,8-9,12H2,1-3H3,(H,22,26). The molecule has 3 amide bonds. The van der Waals surface area contributed by atoms with Gasteiger partial charge in [0.2, 0.25) is 0 Å². The summed E-state index contributed by atoms with van der Waals surface area (Å²) in [5, 5.41) is 2.58. The highest BCUT2D eigenvalue weighted by molar-refractivity contribution is 6.13. The zero-order valence-corrected chi connectivity index (χ0v) is 15.6. The van der Waals surface area contributed by atoms with Crippen LogP contribution in [0.5, 0.6) is 0 Å². The van der Waals surface area contributed by atoms with E-state index in [0.717, 1.165) is 21.9 Å². The van der Waals surface area contributed by atoms with Gasteiger partial charge < -0.3 is 14.6 Å². The third-order valence-corrected chi connectivity index (χ3v) is 4.68. The molecule has 0 spiro atoms. The van der Waals surface area contributed by atoms with Gasteiger partial charge in [-0.3, -0.25) is 9.69 Å². The molecule has 1 aromatic heterocycles. The number of aromatic nitrogens is 1. The van der Waals surface area contributed by atoms with E-state index in [2.05, 4.69) is 9.88 Å². The molecule has 1 saturated heterocycles. The number of methoxy groups -OCH3 is 1. The van der Waals surface area contributed by atoms with Crippen molar-refractivity contribution >= 4 is 18.0 Å². The van der Waals surface area contributed by atoms with Crippen molar-refractivity contribution in [3.63, 3.8) is 0 Å². The average molecular weight is 371 g/mol. The normalized spacial score (nSPS) is 15.7. The Hall–Kier alpha value is -2.93. The number of halogens is 1. The highest BCUT2D eigenvalue weighted by Gasteiger charge is 2.34. The van der Waals surface area contributed by atoms with E-state index in [-0.39, 0.29) is 12.2 Å². The molecule has 142 valence electrons. The first-order valence-electron chi connectivity index (χ1n) is 8.66. The van der Waals surface area contributed by atoms with Gasteiger partial charge in [-0.2, -0.15) is 0 Å². The SMILES string of the molecule is COCCn1c(C)cc(C=C2NC(=O)N(Cc3ccccc3F)C2=O)c1C. The third-order valence-electron chi connectivity index (χ3n) is 4.68. The molecule has 0 bridgehead atoms. The Kier molecular flexibility index (Phi) is 5.41. The van der Waals surface area contributed by atoms with Gasteiger partial charge in [0, 0.05) is 30.6 Å². The van der Waals surface area contributed by atoms with Crippen LogP contribution in [0.25, 0.3) is 6.08 Å². The minimum Gasteiger partial charge on any atom is -0.383 e. The average Bonchev–Trinajstić information content (AvgIpc) is 3.05. The van der Waals surface area contributed by atoms with Crippen LogP contribution in [0.1, 0.15) is 22.5 Å². The Bertz CT molecular complexity index is 917. The van der Waals surface area contributed by atoms with Gasteiger partial charge in [0.15, 0.2) is 0 Å². The number of rotatable bonds is 6. The second kappa shape index (κ2) is 7.75. The minimum absolute atomic E-state index is 0.110. The lowest BCUT2D eigenvalue weighted by molar-refractivity contribution is -0.123. The van der Waals surface area contributed by atoms with Crippen LogP contribution in [-0.2, 0) is 22.6 Å². The first-order chi connectivity index (χ1) is 12.9. The number of hydrogen-bond acceptors (Lipinski definition) is 3. The van der Waals surface area contributed by atoms with Crippen molar-refractivity contribution in [3.05, 3.63) is 64.4 Å². The van der Waals surface area contributed by atoms with Crippen molar-refractivity contribution in [1.29, 1.82) is 0 Å². The van der Waals surface area contributed by atoms with Crippen molar-refractivity contribution in [2.75, 3.05) is 13.7 Å². The molecule has 6 nitrogen and oxygen atoms in total. The van der Waals surface area contributed by atoms with E-state index in [1.165, 1.54) is 6.07 Å². The summed E-state index contributed by atoms with van der Waals surface area (Å²) in [6, 6.07) is 7.50. The van der Waals surface area contributed by atoms with Crippen molar-refractivity contribution in [2.45, 2.75) is 26.9 Å². The van der Waals surface area contributed by atoms with Crippen LogP contribution in [0, 0.1) is 19.7 Å². The second-order valence-electron chi connectivity index (χ2n) is 6.44. The van der Waals surface area contributed by atoms with Crippen molar-refractivity contribution in [3.8, 4) is 0 Å². The topological polar surface area (TPSA) is 63.6 Å². The van der Waals surface area contributed by atoms with Crippen LogP contribution in [0.2, 0.25) is 0 Å². The number of aryl methyl sites for hydroxylation is 1. The molecule has 2 aromatic rings. The molecule has 0 saturated carbocycles. The highest BCUT2D eigenvalue weighted by Crippen LogP contribution is 2.22. The second-order valence-corrected chi connectivity index (χ2v) is 6.44. The molecular formula is C20H22FN3O3. The van der Waals surface area contributed by atoms with Crippen molar-refractivity contribution in [1.82, 2.24) is 14.8 Å². The fourth-order valence-electron chi connectivity index (χ4n) is 3.17. The number of ether oxygens (including phenoxy) is 1. The highest BCUT2D eigenvalue weighted by atomic mass is 19.1. The Labute approximate surface area is 157 Å². The smallest absolute Gasteiger partial charge is 0.329 e. The molecule has 0 aliphatic carbocycles. The molecule has 0 atom stereocenters. The maximum atomic E-state index is 13.8.